The Bertz CT molecular complexity index is 67.3. The van der Waals surface area contributed by atoms with Crippen molar-refractivity contribution < 1.29 is 4.84 Å². The van der Waals surface area contributed by atoms with E-state index in [9.17, 15) is 0 Å². The zero-order chi connectivity index (χ0) is 6.53. The van der Waals surface area contributed by atoms with Gasteiger partial charge in [0.1, 0.15) is 0 Å². The van der Waals surface area contributed by atoms with Crippen molar-refractivity contribution in [1.29, 1.82) is 0 Å². The molecule has 54 valence electrons. The van der Waals surface area contributed by atoms with Gasteiger partial charge in [-0.05, 0) is 12.8 Å². The van der Waals surface area contributed by atoms with Gasteiger partial charge in [0, 0.05) is 0 Å². The highest BCUT2D eigenvalue weighted by molar-refractivity contribution is 4.62. The topological polar surface area (TPSA) is 35.2 Å². The minimum absolute atomic E-state index is 0.354. The molecule has 1 aliphatic carbocycles. The Hall–Kier alpha value is -0.0800. The Morgan fingerprint density at radius 2 is 1.56 bits per heavy atom. The average Bonchev–Trinajstić information content (AvgIpc) is 2.13. The van der Waals surface area contributed by atoms with Crippen LogP contribution < -0.4 is 5.90 Å². The summed E-state index contributed by atoms with van der Waals surface area (Å²) in [6, 6.07) is 0. The molecule has 0 radical (unpaired) electrons. The summed E-state index contributed by atoms with van der Waals surface area (Å²) in [5.41, 5.74) is 0. The lowest BCUT2D eigenvalue weighted by Crippen LogP contribution is -2.15. The Labute approximate surface area is 56.3 Å². The molecule has 0 aromatic rings. The molecule has 1 aliphatic rings. The first kappa shape index (κ1) is 7.03. The normalized spacial score (nSPS) is 23.7. The van der Waals surface area contributed by atoms with Gasteiger partial charge in [0.2, 0.25) is 0 Å². The van der Waals surface area contributed by atoms with Gasteiger partial charge >= 0.3 is 0 Å². The summed E-state index contributed by atoms with van der Waals surface area (Å²) >= 11 is 0. The van der Waals surface area contributed by atoms with Crippen molar-refractivity contribution in [2.45, 2.75) is 44.6 Å². The van der Waals surface area contributed by atoms with E-state index in [2.05, 4.69) is 0 Å². The van der Waals surface area contributed by atoms with Crippen LogP contribution in [0.5, 0.6) is 0 Å². The van der Waals surface area contributed by atoms with Crippen LogP contribution in [0, 0.1) is 0 Å². The second-order valence-electron chi connectivity index (χ2n) is 2.75. The molecule has 2 nitrogen and oxygen atoms in total. The van der Waals surface area contributed by atoms with Gasteiger partial charge in [0.25, 0.3) is 0 Å². The first-order chi connectivity index (χ1) is 4.43. The third-order valence-electron chi connectivity index (χ3n) is 1.99. The summed E-state index contributed by atoms with van der Waals surface area (Å²) in [4.78, 5) is 4.77. The average molecular weight is 129 g/mol. The monoisotopic (exact) mass is 129 g/mol. The Kier molecular flexibility index (Phi) is 3.01. The maximum Gasteiger partial charge on any atom is 0.0787 e. The molecule has 0 aromatic carbocycles. The van der Waals surface area contributed by atoms with Gasteiger partial charge in [-0.25, -0.2) is 5.90 Å². The summed E-state index contributed by atoms with van der Waals surface area (Å²) in [6.45, 7) is 0. The predicted molar refractivity (Wildman–Crippen MR) is 36.8 cm³/mol. The highest BCUT2D eigenvalue weighted by Gasteiger charge is 2.10. The van der Waals surface area contributed by atoms with Crippen LogP contribution in [0.3, 0.4) is 0 Å². The van der Waals surface area contributed by atoms with E-state index in [0.29, 0.717) is 6.10 Å². The van der Waals surface area contributed by atoms with E-state index in [1.54, 1.807) is 0 Å². The number of rotatable bonds is 1. The van der Waals surface area contributed by atoms with Crippen LogP contribution in [-0.2, 0) is 4.84 Å². The predicted octanol–water partition coefficient (Wildman–Crippen LogP) is 1.60. The molecule has 0 spiro atoms. The van der Waals surface area contributed by atoms with Crippen molar-refractivity contribution in [1.82, 2.24) is 0 Å². The van der Waals surface area contributed by atoms with E-state index in [0.717, 1.165) is 12.8 Å². The van der Waals surface area contributed by atoms with Crippen molar-refractivity contribution >= 4 is 0 Å². The summed E-state index contributed by atoms with van der Waals surface area (Å²) < 4.78 is 0. The number of nitrogens with two attached hydrogens (primary N) is 1. The molecule has 0 bridgehead atoms. The van der Waals surface area contributed by atoms with Crippen molar-refractivity contribution in [2.24, 2.45) is 5.90 Å². The fourth-order valence-corrected chi connectivity index (χ4v) is 1.38. The summed E-state index contributed by atoms with van der Waals surface area (Å²) in [5, 5.41) is 0. The largest absolute Gasteiger partial charge is 0.301 e. The second kappa shape index (κ2) is 3.85. The highest BCUT2D eigenvalue weighted by Crippen LogP contribution is 2.18. The van der Waals surface area contributed by atoms with Gasteiger partial charge in [-0.15, -0.1) is 0 Å². The molecule has 0 atom stereocenters. The van der Waals surface area contributed by atoms with Gasteiger partial charge < -0.3 is 4.84 Å². The fourth-order valence-electron chi connectivity index (χ4n) is 1.38. The van der Waals surface area contributed by atoms with Crippen molar-refractivity contribution in [2.75, 3.05) is 0 Å². The lowest BCUT2D eigenvalue weighted by Gasteiger charge is -2.08. The molecule has 1 rings (SSSR count). The van der Waals surface area contributed by atoms with Gasteiger partial charge in [0.05, 0.1) is 6.10 Å². The summed E-state index contributed by atoms with van der Waals surface area (Å²) in [7, 11) is 0. The zero-order valence-electron chi connectivity index (χ0n) is 5.81. The zero-order valence-corrected chi connectivity index (χ0v) is 5.81. The smallest absolute Gasteiger partial charge is 0.0787 e. The van der Waals surface area contributed by atoms with E-state index in [1.807, 2.05) is 0 Å². The third-order valence-corrected chi connectivity index (χ3v) is 1.99. The van der Waals surface area contributed by atoms with Crippen LogP contribution in [0.2, 0.25) is 0 Å². The molecule has 9 heavy (non-hydrogen) atoms. The van der Waals surface area contributed by atoms with Crippen molar-refractivity contribution in [3.05, 3.63) is 0 Å². The molecule has 1 fully saturated rings. The van der Waals surface area contributed by atoms with Crippen LogP contribution in [0.1, 0.15) is 38.5 Å². The molecule has 0 heterocycles. The Morgan fingerprint density at radius 3 is 2.00 bits per heavy atom. The van der Waals surface area contributed by atoms with Gasteiger partial charge in [-0.3, -0.25) is 0 Å². The first-order valence-electron chi connectivity index (χ1n) is 3.79. The summed E-state index contributed by atoms with van der Waals surface area (Å²) in [6.07, 6.45) is 7.99. The van der Waals surface area contributed by atoms with Crippen LogP contribution in [-0.4, -0.2) is 6.10 Å². The Morgan fingerprint density at radius 1 is 1.00 bits per heavy atom. The van der Waals surface area contributed by atoms with E-state index in [1.165, 1.54) is 25.7 Å². The highest BCUT2D eigenvalue weighted by atomic mass is 16.6. The molecular formula is C7H15NO. The maximum absolute atomic E-state index is 5.07. The first-order valence-corrected chi connectivity index (χ1v) is 3.79. The van der Waals surface area contributed by atoms with Gasteiger partial charge in [0.15, 0.2) is 0 Å². The number of hydrogen-bond acceptors (Lipinski definition) is 2. The quantitative estimate of drug-likeness (QED) is 0.431. The minimum atomic E-state index is 0.354. The lowest BCUT2D eigenvalue weighted by atomic mass is 10.2. The second-order valence-corrected chi connectivity index (χ2v) is 2.75. The van der Waals surface area contributed by atoms with E-state index in [4.69, 9.17) is 10.7 Å². The molecule has 2 heteroatoms. The molecule has 1 saturated carbocycles. The molecule has 2 N–H and O–H groups in total. The van der Waals surface area contributed by atoms with E-state index >= 15 is 0 Å². The standard InChI is InChI=1S/C7H15NO/c8-9-7-5-3-1-2-4-6-7/h7H,1-6,8H2. The molecule has 0 aromatic heterocycles. The fraction of sp³-hybridized carbons (Fsp3) is 1.00. The Balaban J connectivity index is 2.18. The van der Waals surface area contributed by atoms with Gasteiger partial charge in [-0.1, -0.05) is 25.7 Å². The van der Waals surface area contributed by atoms with Gasteiger partial charge in [-0.2, -0.15) is 0 Å². The third kappa shape index (κ3) is 2.33. The molecule has 0 unspecified atom stereocenters. The molecule has 0 aliphatic heterocycles. The maximum atomic E-state index is 5.07. The number of hydrogen-bond donors (Lipinski definition) is 1. The lowest BCUT2D eigenvalue weighted by molar-refractivity contribution is 0.0431. The minimum Gasteiger partial charge on any atom is -0.301 e. The molecule has 0 amide bonds. The van der Waals surface area contributed by atoms with Crippen molar-refractivity contribution in [3.8, 4) is 0 Å². The van der Waals surface area contributed by atoms with E-state index < -0.39 is 0 Å². The van der Waals surface area contributed by atoms with Crippen LogP contribution in [0.15, 0.2) is 0 Å². The molecular weight excluding hydrogens is 114 g/mol. The van der Waals surface area contributed by atoms with Crippen LogP contribution in [0.25, 0.3) is 0 Å². The summed E-state index contributed by atoms with van der Waals surface area (Å²) in [5.74, 6) is 5.07. The van der Waals surface area contributed by atoms with Crippen LogP contribution in [0.4, 0.5) is 0 Å². The SMILES string of the molecule is NOC1CCCCCC1. The van der Waals surface area contributed by atoms with Crippen molar-refractivity contribution in [3.63, 3.8) is 0 Å². The van der Waals surface area contributed by atoms with Crippen LogP contribution >= 0.6 is 0 Å². The van der Waals surface area contributed by atoms with E-state index in [-0.39, 0.29) is 0 Å². The molecule has 0 saturated heterocycles.